The van der Waals surface area contributed by atoms with Gasteiger partial charge in [-0.15, -0.1) is 0 Å². The number of Topliss-reactive ketones (excluding diaryl/α,β-unsaturated/α-hetero) is 1. The van der Waals surface area contributed by atoms with Gasteiger partial charge in [-0.25, -0.2) is 8.42 Å². The zero-order valence-corrected chi connectivity index (χ0v) is 12.7. The van der Waals surface area contributed by atoms with E-state index >= 15 is 0 Å². The molecule has 0 N–H and O–H groups in total. The Morgan fingerprint density at radius 2 is 1.62 bits per heavy atom. The standard InChI is InChI=1S/C10H10Br2O3S/c1-7-3-5-8(6-4-7)9(13)10(11,12)16(2,14)15/h3-6H,1-2H3. The first-order chi connectivity index (χ1) is 7.16. The Bertz CT molecular complexity index is 503. The summed E-state index contributed by atoms with van der Waals surface area (Å²) in [5.41, 5.74) is 1.34. The van der Waals surface area contributed by atoms with Crippen LogP contribution in [0.2, 0.25) is 0 Å². The third-order valence-electron chi connectivity index (χ3n) is 2.04. The molecule has 0 radical (unpaired) electrons. The van der Waals surface area contributed by atoms with Gasteiger partial charge >= 0.3 is 0 Å². The van der Waals surface area contributed by atoms with E-state index in [0.29, 0.717) is 5.56 Å². The minimum absolute atomic E-state index is 0.338. The summed E-state index contributed by atoms with van der Waals surface area (Å²) in [6.07, 6.45) is 0.989. The van der Waals surface area contributed by atoms with Gasteiger partial charge in [0, 0.05) is 11.8 Å². The Hall–Kier alpha value is -0.200. The molecule has 0 amide bonds. The van der Waals surface area contributed by atoms with E-state index in [1.807, 2.05) is 6.92 Å². The smallest absolute Gasteiger partial charge is 0.242 e. The summed E-state index contributed by atoms with van der Waals surface area (Å²) in [4.78, 5) is 12.0. The van der Waals surface area contributed by atoms with E-state index < -0.39 is 18.2 Å². The van der Waals surface area contributed by atoms with Crippen molar-refractivity contribution in [3.8, 4) is 0 Å². The van der Waals surface area contributed by atoms with Crippen LogP contribution in [0.1, 0.15) is 15.9 Å². The minimum Gasteiger partial charge on any atom is -0.290 e. The van der Waals surface area contributed by atoms with E-state index in [2.05, 4.69) is 31.9 Å². The molecule has 0 saturated carbocycles. The molecule has 0 fully saturated rings. The first-order valence-electron chi connectivity index (χ1n) is 4.35. The molecule has 3 nitrogen and oxygen atoms in total. The Balaban J connectivity index is 3.18. The second kappa shape index (κ2) is 4.58. The van der Waals surface area contributed by atoms with Crippen LogP contribution in [0.4, 0.5) is 0 Å². The normalized spacial score (nSPS) is 12.5. The first-order valence-corrected chi connectivity index (χ1v) is 7.83. The molecule has 0 aliphatic heterocycles. The number of ketones is 1. The van der Waals surface area contributed by atoms with Gasteiger partial charge in [0.15, 0.2) is 9.84 Å². The van der Waals surface area contributed by atoms with Crippen molar-refractivity contribution in [3.63, 3.8) is 0 Å². The highest BCUT2D eigenvalue weighted by Crippen LogP contribution is 2.35. The lowest BCUT2D eigenvalue weighted by Gasteiger charge is -2.16. The Kier molecular flexibility index (Phi) is 3.97. The zero-order valence-electron chi connectivity index (χ0n) is 8.70. The summed E-state index contributed by atoms with van der Waals surface area (Å²) in [7, 11) is -3.58. The van der Waals surface area contributed by atoms with Crippen LogP contribution in [0.5, 0.6) is 0 Å². The van der Waals surface area contributed by atoms with Crippen molar-refractivity contribution in [2.24, 2.45) is 0 Å². The molecule has 0 spiro atoms. The lowest BCUT2D eigenvalue weighted by Crippen LogP contribution is -2.33. The van der Waals surface area contributed by atoms with Crippen LogP contribution in [0.25, 0.3) is 0 Å². The van der Waals surface area contributed by atoms with Crippen molar-refractivity contribution in [1.82, 2.24) is 0 Å². The minimum atomic E-state index is -3.58. The fourth-order valence-electron chi connectivity index (χ4n) is 1.04. The molecule has 0 aliphatic rings. The van der Waals surface area contributed by atoms with Crippen molar-refractivity contribution in [1.29, 1.82) is 0 Å². The highest BCUT2D eigenvalue weighted by atomic mass is 79.9. The van der Waals surface area contributed by atoms with Gasteiger partial charge < -0.3 is 0 Å². The number of carbonyl (C=O) groups is 1. The van der Waals surface area contributed by atoms with Crippen molar-refractivity contribution >= 4 is 47.5 Å². The number of halogens is 2. The Morgan fingerprint density at radius 3 is 2.00 bits per heavy atom. The van der Waals surface area contributed by atoms with Crippen molar-refractivity contribution in [3.05, 3.63) is 35.4 Å². The third-order valence-corrected chi connectivity index (χ3v) is 7.41. The fraction of sp³-hybridized carbons (Fsp3) is 0.300. The van der Waals surface area contributed by atoms with Gasteiger partial charge in [0.2, 0.25) is 8.35 Å². The molecule has 0 heterocycles. The van der Waals surface area contributed by atoms with E-state index in [1.54, 1.807) is 24.3 Å². The second-order valence-corrected chi connectivity index (χ2v) is 10.1. The van der Waals surface area contributed by atoms with Crippen LogP contribution >= 0.6 is 31.9 Å². The summed E-state index contributed by atoms with van der Waals surface area (Å²) >= 11 is 5.80. The maximum Gasteiger partial charge on any atom is 0.242 e. The van der Waals surface area contributed by atoms with Crippen LogP contribution in [0.15, 0.2) is 24.3 Å². The average molecular weight is 370 g/mol. The van der Waals surface area contributed by atoms with E-state index in [0.717, 1.165) is 11.8 Å². The maximum absolute atomic E-state index is 12.0. The summed E-state index contributed by atoms with van der Waals surface area (Å²) in [6, 6.07) is 6.71. The largest absolute Gasteiger partial charge is 0.290 e. The Labute approximate surface area is 111 Å². The molecule has 1 aromatic carbocycles. The fourth-order valence-corrected chi connectivity index (χ4v) is 1.95. The van der Waals surface area contributed by atoms with E-state index in [4.69, 9.17) is 0 Å². The lowest BCUT2D eigenvalue weighted by atomic mass is 10.1. The number of benzene rings is 1. The Morgan fingerprint density at radius 1 is 1.19 bits per heavy atom. The van der Waals surface area contributed by atoms with Gasteiger partial charge in [-0.3, -0.25) is 4.79 Å². The number of hydrogen-bond donors (Lipinski definition) is 0. The number of aryl methyl sites for hydroxylation is 1. The summed E-state index contributed by atoms with van der Waals surface area (Å²) in [6.45, 7) is 1.89. The van der Waals surface area contributed by atoms with Crippen molar-refractivity contribution in [2.75, 3.05) is 6.26 Å². The number of rotatable bonds is 3. The molecule has 0 aliphatic carbocycles. The van der Waals surface area contributed by atoms with Crippen LogP contribution in [0.3, 0.4) is 0 Å². The average Bonchev–Trinajstić information content (AvgIpc) is 2.16. The summed E-state index contributed by atoms with van der Waals surface area (Å²) < 4.78 is 21.1. The summed E-state index contributed by atoms with van der Waals surface area (Å²) in [5.74, 6) is -0.532. The second-order valence-electron chi connectivity index (χ2n) is 3.48. The summed E-state index contributed by atoms with van der Waals surface area (Å²) in [5, 5.41) is 0. The number of sulfone groups is 1. The van der Waals surface area contributed by atoms with Crippen LogP contribution < -0.4 is 0 Å². The number of alkyl halides is 2. The van der Waals surface area contributed by atoms with Gasteiger partial charge in [-0.1, -0.05) is 29.8 Å². The van der Waals surface area contributed by atoms with Crippen LogP contribution in [0, 0.1) is 6.92 Å². The molecule has 88 valence electrons. The lowest BCUT2D eigenvalue weighted by molar-refractivity contribution is 0.100. The van der Waals surface area contributed by atoms with Gasteiger partial charge in [0.1, 0.15) is 0 Å². The first kappa shape index (κ1) is 13.9. The molecule has 16 heavy (non-hydrogen) atoms. The van der Waals surface area contributed by atoms with Gasteiger partial charge in [-0.05, 0) is 38.8 Å². The monoisotopic (exact) mass is 368 g/mol. The molecular formula is C10H10Br2O3S. The topological polar surface area (TPSA) is 51.2 Å². The molecule has 1 aromatic rings. The number of carbonyl (C=O) groups excluding carboxylic acids is 1. The maximum atomic E-state index is 12.0. The van der Waals surface area contributed by atoms with E-state index in [-0.39, 0.29) is 0 Å². The molecule has 0 unspecified atom stereocenters. The highest BCUT2D eigenvalue weighted by Gasteiger charge is 2.43. The van der Waals surface area contributed by atoms with Crippen LogP contribution in [-0.4, -0.2) is 23.0 Å². The predicted molar refractivity (Wildman–Crippen MR) is 70.9 cm³/mol. The quantitative estimate of drug-likeness (QED) is 0.608. The molecule has 0 saturated heterocycles. The van der Waals surface area contributed by atoms with E-state index in [9.17, 15) is 13.2 Å². The molecule has 6 heteroatoms. The van der Waals surface area contributed by atoms with E-state index in [1.165, 1.54) is 0 Å². The van der Waals surface area contributed by atoms with Crippen molar-refractivity contribution in [2.45, 2.75) is 9.49 Å². The predicted octanol–water partition coefficient (Wildman–Crippen LogP) is 2.67. The SMILES string of the molecule is Cc1ccc(C(=O)C(Br)(Br)S(C)(=O)=O)cc1. The van der Waals surface area contributed by atoms with Crippen molar-refractivity contribution < 1.29 is 13.2 Å². The molecule has 0 aromatic heterocycles. The molecular weight excluding hydrogens is 360 g/mol. The third kappa shape index (κ3) is 2.73. The number of hydrogen-bond acceptors (Lipinski definition) is 3. The molecule has 0 atom stereocenters. The van der Waals surface area contributed by atoms with Gasteiger partial charge in [-0.2, -0.15) is 0 Å². The zero-order chi connectivity index (χ0) is 12.6. The highest BCUT2D eigenvalue weighted by molar-refractivity contribution is 9.28. The molecule has 1 rings (SSSR count). The molecule has 0 bridgehead atoms. The van der Waals surface area contributed by atoms with Crippen LogP contribution in [-0.2, 0) is 9.84 Å². The van der Waals surface area contributed by atoms with Gasteiger partial charge in [0.05, 0.1) is 0 Å². The van der Waals surface area contributed by atoms with Gasteiger partial charge in [0.25, 0.3) is 0 Å².